The van der Waals surface area contributed by atoms with Crippen LogP contribution < -0.4 is 10.6 Å². The fourth-order valence-corrected chi connectivity index (χ4v) is 2.29. The van der Waals surface area contributed by atoms with Crippen LogP contribution in [0.3, 0.4) is 0 Å². The number of rotatable bonds is 2. The maximum atomic E-state index is 11.4. The third-order valence-electron chi connectivity index (χ3n) is 2.85. The van der Waals surface area contributed by atoms with Gasteiger partial charge in [-0.05, 0) is 24.3 Å². The molecule has 3 rings (SSSR count). The van der Waals surface area contributed by atoms with E-state index in [9.17, 15) is 9.59 Å². The van der Waals surface area contributed by atoms with Gasteiger partial charge in [-0.15, -0.1) is 0 Å². The van der Waals surface area contributed by atoms with Crippen molar-refractivity contribution in [3.05, 3.63) is 51.8 Å². The minimum Gasteiger partial charge on any atom is -0.457 e. The number of halogens is 2. The van der Waals surface area contributed by atoms with E-state index in [-0.39, 0.29) is 5.70 Å². The normalized spacial score (nSPS) is 16.2. The van der Waals surface area contributed by atoms with E-state index in [0.29, 0.717) is 27.1 Å². The maximum absolute atomic E-state index is 11.4. The van der Waals surface area contributed by atoms with Crippen LogP contribution in [0.5, 0.6) is 0 Å². The lowest BCUT2D eigenvalue weighted by atomic mass is 10.2. The fraction of sp³-hybridized carbons (Fsp3) is 0. The molecule has 0 radical (unpaired) electrons. The van der Waals surface area contributed by atoms with Crippen LogP contribution in [0.2, 0.25) is 10.0 Å². The number of hydrogen-bond acceptors (Lipinski definition) is 3. The molecule has 0 atom stereocenters. The summed E-state index contributed by atoms with van der Waals surface area (Å²) in [5.74, 6) is 0.422. The smallest absolute Gasteiger partial charge is 0.326 e. The van der Waals surface area contributed by atoms with Crippen LogP contribution >= 0.6 is 23.2 Å². The Morgan fingerprint density at radius 3 is 2.57 bits per heavy atom. The Hall–Kier alpha value is -2.24. The number of imide groups is 1. The second-order valence-corrected chi connectivity index (χ2v) is 5.05. The average molecular weight is 323 g/mol. The molecule has 0 aliphatic carbocycles. The molecule has 0 unspecified atom stereocenters. The van der Waals surface area contributed by atoms with E-state index in [1.165, 1.54) is 6.08 Å². The largest absolute Gasteiger partial charge is 0.457 e. The second-order valence-electron chi connectivity index (χ2n) is 4.27. The lowest BCUT2D eigenvalue weighted by Crippen LogP contribution is -2.22. The first-order chi connectivity index (χ1) is 10.0. The number of urea groups is 1. The molecule has 7 heteroatoms. The molecule has 1 aliphatic rings. The van der Waals surface area contributed by atoms with E-state index >= 15 is 0 Å². The van der Waals surface area contributed by atoms with E-state index in [1.807, 2.05) is 0 Å². The van der Waals surface area contributed by atoms with Crippen molar-refractivity contribution in [3.63, 3.8) is 0 Å². The SMILES string of the molecule is O=C1NC(=O)/C(=C\c2ccc(-c3cccc(Cl)c3Cl)o2)N1. The van der Waals surface area contributed by atoms with Crippen molar-refractivity contribution in [3.8, 4) is 11.3 Å². The van der Waals surface area contributed by atoms with E-state index < -0.39 is 11.9 Å². The van der Waals surface area contributed by atoms with Crippen molar-refractivity contribution in [1.29, 1.82) is 0 Å². The Labute approximate surface area is 129 Å². The molecular weight excluding hydrogens is 315 g/mol. The first-order valence-electron chi connectivity index (χ1n) is 5.93. The summed E-state index contributed by atoms with van der Waals surface area (Å²) in [5, 5.41) is 5.29. The van der Waals surface area contributed by atoms with Gasteiger partial charge in [-0.2, -0.15) is 0 Å². The fourth-order valence-electron chi connectivity index (χ4n) is 1.89. The Bertz CT molecular complexity index is 780. The highest BCUT2D eigenvalue weighted by Gasteiger charge is 2.23. The molecule has 0 saturated carbocycles. The number of carbonyl (C=O) groups is 2. The predicted octanol–water partition coefficient (Wildman–Crippen LogP) is 3.43. The van der Waals surface area contributed by atoms with Crippen LogP contribution in [-0.2, 0) is 4.79 Å². The molecule has 2 heterocycles. The molecule has 0 bridgehead atoms. The number of amides is 3. The van der Waals surface area contributed by atoms with Crippen LogP contribution in [0.4, 0.5) is 4.79 Å². The lowest BCUT2D eigenvalue weighted by Gasteiger charge is -2.02. The van der Waals surface area contributed by atoms with E-state index in [0.717, 1.165) is 0 Å². The van der Waals surface area contributed by atoms with E-state index in [1.54, 1.807) is 30.3 Å². The van der Waals surface area contributed by atoms with Crippen LogP contribution in [0, 0.1) is 0 Å². The van der Waals surface area contributed by atoms with Gasteiger partial charge in [-0.1, -0.05) is 29.3 Å². The van der Waals surface area contributed by atoms with Crippen LogP contribution in [0.15, 0.2) is 40.4 Å². The Morgan fingerprint density at radius 1 is 1.05 bits per heavy atom. The third kappa shape index (κ3) is 2.66. The van der Waals surface area contributed by atoms with Crippen molar-refractivity contribution < 1.29 is 14.0 Å². The zero-order chi connectivity index (χ0) is 15.0. The van der Waals surface area contributed by atoms with E-state index in [4.69, 9.17) is 27.6 Å². The molecule has 1 saturated heterocycles. The molecule has 2 N–H and O–H groups in total. The molecule has 1 aromatic carbocycles. The summed E-state index contributed by atoms with van der Waals surface area (Å²) in [5.41, 5.74) is 0.770. The molecular formula is C14H8Cl2N2O3. The number of nitrogens with one attached hydrogen (secondary N) is 2. The highest BCUT2D eigenvalue weighted by molar-refractivity contribution is 6.43. The van der Waals surface area contributed by atoms with Crippen LogP contribution in [-0.4, -0.2) is 11.9 Å². The van der Waals surface area contributed by atoms with Gasteiger partial charge in [-0.25, -0.2) is 4.79 Å². The standard InChI is InChI=1S/C14H8Cl2N2O3/c15-9-3-1-2-8(12(9)16)11-5-4-7(21-11)6-10-13(19)18-14(20)17-10/h1-6H,(H2,17,18,19,20)/b10-6+. The third-order valence-corrected chi connectivity index (χ3v) is 3.67. The van der Waals surface area contributed by atoms with E-state index in [2.05, 4.69) is 10.6 Å². The number of hydrogen-bond donors (Lipinski definition) is 2. The predicted molar refractivity (Wildman–Crippen MR) is 78.8 cm³/mol. The second kappa shape index (κ2) is 5.27. The molecule has 3 amide bonds. The zero-order valence-electron chi connectivity index (χ0n) is 10.4. The van der Waals surface area contributed by atoms with Gasteiger partial charge in [0.15, 0.2) is 0 Å². The van der Waals surface area contributed by atoms with Gasteiger partial charge >= 0.3 is 6.03 Å². The quantitative estimate of drug-likeness (QED) is 0.657. The minimum atomic E-state index is -0.559. The van der Waals surface area contributed by atoms with Gasteiger partial charge in [0.2, 0.25) is 0 Å². The van der Waals surface area contributed by atoms with Crippen molar-refractivity contribution in [2.24, 2.45) is 0 Å². The number of benzene rings is 1. The Balaban J connectivity index is 1.94. The highest BCUT2D eigenvalue weighted by Crippen LogP contribution is 2.34. The zero-order valence-corrected chi connectivity index (χ0v) is 12.0. The highest BCUT2D eigenvalue weighted by atomic mass is 35.5. The summed E-state index contributed by atoms with van der Waals surface area (Å²) in [4.78, 5) is 22.4. The van der Waals surface area contributed by atoms with Gasteiger partial charge in [0.05, 0.1) is 10.0 Å². The molecule has 0 spiro atoms. The number of furan rings is 1. The molecule has 1 aromatic heterocycles. The van der Waals surface area contributed by atoms with Crippen molar-refractivity contribution in [1.82, 2.24) is 10.6 Å². The lowest BCUT2D eigenvalue weighted by molar-refractivity contribution is -0.115. The molecule has 2 aromatic rings. The van der Waals surface area contributed by atoms with Crippen LogP contribution in [0.25, 0.3) is 17.4 Å². The molecule has 1 fully saturated rings. The minimum absolute atomic E-state index is 0.123. The molecule has 106 valence electrons. The first kappa shape index (κ1) is 13.7. The summed E-state index contributed by atoms with van der Waals surface area (Å²) in [6.45, 7) is 0. The summed E-state index contributed by atoms with van der Waals surface area (Å²) >= 11 is 12.1. The Kier molecular flexibility index (Phi) is 3.45. The van der Waals surface area contributed by atoms with Gasteiger partial charge < -0.3 is 9.73 Å². The average Bonchev–Trinajstić information content (AvgIpc) is 3.01. The summed E-state index contributed by atoms with van der Waals surface area (Å²) in [7, 11) is 0. The maximum Gasteiger partial charge on any atom is 0.326 e. The summed E-state index contributed by atoms with van der Waals surface area (Å²) in [6, 6.07) is 8.02. The van der Waals surface area contributed by atoms with Crippen molar-refractivity contribution in [2.45, 2.75) is 0 Å². The van der Waals surface area contributed by atoms with Gasteiger partial charge in [0.1, 0.15) is 17.2 Å². The van der Waals surface area contributed by atoms with Gasteiger partial charge in [-0.3, -0.25) is 10.1 Å². The molecule has 1 aliphatic heterocycles. The molecule has 5 nitrogen and oxygen atoms in total. The van der Waals surface area contributed by atoms with Gasteiger partial charge in [0, 0.05) is 11.6 Å². The van der Waals surface area contributed by atoms with Crippen molar-refractivity contribution >= 4 is 41.2 Å². The van der Waals surface area contributed by atoms with Gasteiger partial charge in [0.25, 0.3) is 5.91 Å². The summed E-state index contributed by atoms with van der Waals surface area (Å²) in [6.07, 6.45) is 1.43. The summed E-state index contributed by atoms with van der Waals surface area (Å²) < 4.78 is 5.60. The topological polar surface area (TPSA) is 71.3 Å². The molecule has 21 heavy (non-hydrogen) atoms. The monoisotopic (exact) mass is 322 g/mol. The number of carbonyl (C=O) groups excluding carboxylic acids is 2. The van der Waals surface area contributed by atoms with Crippen LogP contribution in [0.1, 0.15) is 5.76 Å². The Morgan fingerprint density at radius 2 is 1.86 bits per heavy atom. The van der Waals surface area contributed by atoms with Crippen molar-refractivity contribution in [2.75, 3.05) is 0 Å². The first-order valence-corrected chi connectivity index (χ1v) is 6.68.